The molecule has 1 aliphatic heterocycles. The first kappa shape index (κ1) is 12.2. The fraction of sp³-hybridized carbons (Fsp3) is 0.727. The normalized spacial score (nSPS) is 25.0. The van der Waals surface area contributed by atoms with Crippen LogP contribution in [0.5, 0.6) is 0 Å². The van der Waals surface area contributed by atoms with Gasteiger partial charge in [0.25, 0.3) is 0 Å². The van der Waals surface area contributed by atoms with E-state index < -0.39 is 5.79 Å². The van der Waals surface area contributed by atoms with Gasteiger partial charge in [-0.3, -0.25) is 0 Å². The molecule has 0 aromatic carbocycles. The van der Waals surface area contributed by atoms with Crippen LogP contribution < -0.4 is 0 Å². The molecule has 0 bridgehead atoms. The van der Waals surface area contributed by atoms with E-state index in [1.807, 2.05) is 27.7 Å². The van der Waals surface area contributed by atoms with E-state index in [1.165, 1.54) is 6.08 Å². The Hall–Kier alpha value is -0.870. The van der Waals surface area contributed by atoms with E-state index in [-0.39, 0.29) is 18.2 Å². The minimum absolute atomic E-state index is 0.0978. The number of rotatable bonds is 3. The van der Waals surface area contributed by atoms with E-state index in [4.69, 9.17) is 14.2 Å². The number of esters is 1. The van der Waals surface area contributed by atoms with E-state index in [2.05, 4.69) is 0 Å². The van der Waals surface area contributed by atoms with Gasteiger partial charge in [-0.2, -0.15) is 0 Å². The highest BCUT2D eigenvalue weighted by Gasteiger charge is 2.31. The molecule has 1 rings (SSSR count). The molecular weight excluding hydrogens is 196 g/mol. The molecule has 4 heteroatoms. The Morgan fingerprint density at radius 2 is 2.20 bits per heavy atom. The fourth-order valence-corrected chi connectivity index (χ4v) is 1.27. The van der Waals surface area contributed by atoms with E-state index >= 15 is 0 Å². The molecule has 4 nitrogen and oxygen atoms in total. The van der Waals surface area contributed by atoms with Crippen LogP contribution in [0.2, 0.25) is 0 Å². The average Bonchev–Trinajstić information content (AvgIpc) is 2.41. The fourth-order valence-electron chi connectivity index (χ4n) is 1.27. The lowest BCUT2D eigenvalue weighted by molar-refractivity contribution is -0.142. The average molecular weight is 214 g/mol. The summed E-state index contributed by atoms with van der Waals surface area (Å²) in [5.74, 6) is -0.907. The lowest BCUT2D eigenvalue weighted by atomic mass is 10.3. The molecule has 0 N–H and O–H groups in total. The first-order chi connectivity index (χ1) is 6.89. The van der Waals surface area contributed by atoms with Crippen LogP contribution in [0.1, 0.15) is 27.7 Å². The standard InChI is InChI=1S/C11H18O4/c1-8(2)14-10(12)6-5-9-7-13-11(3,4)15-9/h5-6,8-9H,7H2,1-4H3/b6-5+/t9-/m0/s1. The van der Waals surface area contributed by atoms with Crippen LogP contribution in [0, 0.1) is 0 Å². The molecule has 86 valence electrons. The first-order valence-corrected chi connectivity index (χ1v) is 5.09. The highest BCUT2D eigenvalue weighted by atomic mass is 16.7. The van der Waals surface area contributed by atoms with Gasteiger partial charge in [0, 0.05) is 6.08 Å². The highest BCUT2D eigenvalue weighted by Crippen LogP contribution is 2.22. The van der Waals surface area contributed by atoms with Gasteiger partial charge in [-0.1, -0.05) is 0 Å². The lowest BCUT2D eigenvalue weighted by Gasteiger charge is -2.15. The Kier molecular flexibility index (Phi) is 3.88. The van der Waals surface area contributed by atoms with Gasteiger partial charge in [0.05, 0.1) is 12.7 Å². The van der Waals surface area contributed by atoms with E-state index in [0.717, 1.165) is 0 Å². The minimum atomic E-state index is -0.559. The van der Waals surface area contributed by atoms with Crippen molar-refractivity contribution in [1.29, 1.82) is 0 Å². The monoisotopic (exact) mass is 214 g/mol. The van der Waals surface area contributed by atoms with Crippen molar-refractivity contribution in [1.82, 2.24) is 0 Å². The maximum atomic E-state index is 11.2. The zero-order valence-corrected chi connectivity index (χ0v) is 9.65. The largest absolute Gasteiger partial charge is 0.460 e. The number of hydrogen-bond donors (Lipinski definition) is 0. The zero-order chi connectivity index (χ0) is 11.5. The van der Waals surface area contributed by atoms with Crippen LogP contribution in [0.15, 0.2) is 12.2 Å². The van der Waals surface area contributed by atoms with Crippen molar-refractivity contribution in [3.8, 4) is 0 Å². The van der Waals surface area contributed by atoms with E-state index in [9.17, 15) is 4.79 Å². The van der Waals surface area contributed by atoms with Gasteiger partial charge in [-0.25, -0.2) is 4.79 Å². The summed E-state index contributed by atoms with van der Waals surface area (Å²) in [6, 6.07) is 0. The second kappa shape index (κ2) is 4.77. The summed E-state index contributed by atoms with van der Waals surface area (Å²) in [5.41, 5.74) is 0. The summed E-state index contributed by atoms with van der Waals surface area (Å²) in [6.07, 6.45) is 2.79. The molecule has 1 fully saturated rings. The molecule has 1 atom stereocenters. The van der Waals surface area contributed by atoms with Gasteiger partial charge in [0.15, 0.2) is 5.79 Å². The third kappa shape index (κ3) is 4.44. The third-order valence-corrected chi connectivity index (χ3v) is 1.83. The SMILES string of the molecule is CC(C)OC(=O)/C=C/[C@H]1COC(C)(C)O1. The smallest absolute Gasteiger partial charge is 0.330 e. The second-order valence-electron chi connectivity index (χ2n) is 4.21. The summed E-state index contributed by atoms with van der Waals surface area (Å²) in [4.78, 5) is 11.2. The highest BCUT2D eigenvalue weighted by molar-refractivity contribution is 5.82. The van der Waals surface area contributed by atoms with Crippen molar-refractivity contribution in [3.63, 3.8) is 0 Å². The summed E-state index contributed by atoms with van der Waals surface area (Å²) in [6.45, 7) is 7.77. The number of carbonyl (C=O) groups is 1. The Morgan fingerprint density at radius 3 is 2.67 bits per heavy atom. The molecule has 1 aliphatic rings. The number of hydrogen-bond acceptors (Lipinski definition) is 4. The van der Waals surface area contributed by atoms with Crippen LogP contribution in [0.4, 0.5) is 0 Å². The molecular formula is C11H18O4. The van der Waals surface area contributed by atoms with Gasteiger partial charge in [0.2, 0.25) is 0 Å². The molecule has 0 radical (unpaired) electrons. The van der Waals surface area contributed by atoms with Crippen LogP contribution in [0.25, 0.3) is 0 Å². The minimum Gasteiger partial charge on any atom is -0.460 e. The van der Waals surface area contributed by atoms with Gasteiger partial charge in [0.1, 0.15) is 6.10 Å². The molecule has 0 saturated carbocycles. The van der Waals surface area contributed by atoms with Gasteiger partial charge >= 0.3 is 5.97 Å². The quantitative estimate of drug-likeness (QED) is 0.529. The maximum absolute atomic E-state index is 11.2. The van der Waals surface area contributed by atoms with Crippen molar-refractivity contribution in [2.45, 2.75) is 45.7 Å². The molecule has 0 aromatic heterocycles. The predicted molar refractivity (Wildman–Crippen MR) is 55.3 cm³/mol. The number of carbonyl (C=O) groups excluding carboxylic acids is 1. The zero-order valence-electron chi connectivity index (χ0n) is 9.65. The van der Waals surface area contributed by atoms with Crippen molar-refractivity contribution >= 4 is 5.97 Å². The molecule has 1 saturated heterocycles. The Bertz CT molecular complexity index is 255. The van der Waals surface area contributed by atoms with Crippen LogP contribution in [0.3, 0.4) is 0 Å². The summed E-state index contributed by atoms with van der Waals surface area (Å²) in [5, 5.41) is 0. The van der Waals surface area contributed by atoms with Crippen molar-refractivity contribution in [3.05, 3.63) is 12.2 Å². The van der Waals surface area contributed by atoms with Gasteiger partial charge in [-0.05, 0) is 33.8 Å². The molecule has 0 unspecified atom stereocenters. The molecule has 0 aromatic rings. The van der Waals surface area contributed by atoms with Crippen molar-refractivity contribution in [2.75, 3.05) is 6.61 Å². The third-order valence-electron chi connectivity index (χ3n) is 1.83. The molecule has 0 amide bonds. The molecule has 0 spiro atoms. The molecule has 1 heterocycles. The van der Waals surface area contributed by atoms with E-state index in [0.29, 0.717) is 6.61 Å². The maximum Gasteiger partial charge on any atom is 0.330 e. The van der Waals surface area contributed by atoms with Crippen molar-refractivity contribution in [2.24, 2.45) is 0 Å². The van der Waals surface area contributed by atoms with Crippen LogP contribution in [-0.4, -0.2) is 30.6 Å². The Balaban J connectivity index is 2.36. The van der Waals surface area contributed by atoms with Crippen LogP contribution in [-0.2, 0) is 19.0 Å². The van der Waals surface area contributed by atoms with Gasteiger partial charge < -0.3 is 14.2 Å². The Labute approximate surface area is 90.2 Å². The summed E-state index contributed by atoms with van der Waals surface area (Å²) in [7, 11) is 0. The first-order valence-electron chi connectivity index (χ1n) is 5.09. The van der Waals surface area contributed by atoms with Crippen LogP contribution >= 0.6 is 0 Å². The Morgan fingerprint density at radius 1 is 1.53 bits per heavy atom. The van der Waals surface area contributed by atoms with Crippen molar-refractivity contribution < 1.29 is 19.0 Å². The summed E-state index contributed by atoms with van der Waals surface area (Å²) >= 11 is 0. The van der Waals surface area contributed by atoms with Gasteiger partial charge in [-0.15, -0.1) is 0 Å². The predicted octanol–water partition coefficient (Wildman–Crippen LogP) is 1.65. The molecule has 0 aliphatic carbocycles. The topological polar surface area (TPSA) is 44.8 Å². The summed E-state index contributed by atoms with van der Waals surface area (Å²) < 4.78 is 15.8. The second-order valence-corrected chi connectivity index (χ2v) is 4.21. The lowest BCUT2D eigenvalue weighted by Crippen LogP contribution is -2.20. The molecule has 15 heavy (non-hydrogen) atoms. The van der Waals surface area contributed by atoms with E-state index in [1.54, 1.807) is 6.08 Å². The number of ether oxygens (including phenoxy) is 3.